The van der Waals surface area contributed by atoms with Crippen LogP contribution in [0.4, 0.5) is 0 Å². The molecular weight excluding hydrogens is 304 g/mol. The fraction of sp³-hybridized carbons (Fsp3) is 0.167. The largest absolute Gasteiger partial charge is 0.477 e. The van der Waals surface area contributed by atoms with E-state index in [1.54, 1.807) is 24.3 Å². The van der Waals surface area contributed by atoms with Crippen molar-refractivity contribution < 1.29 is 18.3 Å². The van der Waals surface area contributed by atoms with Gasteiger partial charge < -0.3 is 9.67 Å². The first-order chi connectivity index (χ1) is 9.40. The number of hydrogen-bond acceptors (Lipinski definition) is 4. The number of halogens is 1. The number of imidazole rings is 1. The molecule has 0 fully saturated rings. The van der Waals surface area contributed by atoms with Gasteiger partial charge in [0.25, 0.3) is 0 Å². The number of carboxylic acid groups (broad SMARTS) is 1. The van der Waals surface area contributed by atoms with Gasteiger partial charge in [-0.1, -0.05) is 23.7 Å². The van der Waals surface area contributed by atoms with Crippen molar-refractivity contribution in [1.82, 2.24) is 9.55 Å². The molecule has 1 N–H and O–H groups in total. The Morgan fingerprint density at radius 2 is 1.95 bits per heavy atom. The summed E-state index contributed by atoms with van der Waals surface area (Å²) in [5.41, 5.74) is 0.555. The lowest BCUT2D eigenvalue weighted by Crippen LogP contribution is -2.08. The predicted molar refractivity (Wildman–Crippen MR) is 71.7 cm³/mol. The number of carboxylic acids is 1. The van der Waals surface area contributed by atoms with Gasteiger partial charge in [-0.15, -0.1) is 0 Å². The summed E-state index contributed by atoms with van der Waals surface area (Å²) in [4.78, 5) is 15.4. The molecule has 1 aromatic carbocycles. The summed E-state index contributed by atoms with van der Waals surface area (Å²) in [6.07, 6.45) is 0. The minimum atomic E-state index is -3.49. The van der Waals surface area contributed by atoms with Crippen LogP contribution in [-0.2, 0) is 16.4 Å². The van der Waals surface area contributed by atoms with E-state index in [2.05, 4.69) is 4.98 Å². The van der Waals surface area contributed by atoms with E-state index in [0.717, 1.165) is 0 Å². The van der Waals surface area contributed by atoms with Gasteiger partial charge in [-0.25, -0.2) is 18.2 Å². The molecule has 20 heavy (non-hydrogen) atoms. The van der Waals surface area contributed by atoms with Crippen LogP contribution in [-0.4, -0.2) is 34.8 Å². The summed E-state index contributed by atoms with van der Waals surface area (Å²) in [7, 11) is -3.49. The Balaban J connectivity index is 2.27. The maximum Gasteiger partial charge on any atom is 0.354 e. The fourth-order valence-electron chi connectivity index (χ4n) is 2.21. The van der Waals surface area contributed by atoms with Crippen molar-refractivity contribution in [3.8, 4) is 11.3 Å². The molecule has 0 atom stereocenters. The van der Waals surface area contributed by atoms with E-state index in [1.165, 1.54) is 4.57 Å². The first-order valence-corrected chi connectivity index (χ1v) is 7.76. The molecule has 3 rings (SSSR count). The van der Waals surface area contributed by atoms with Crippen LogP contribution in [0.1, 0.15) is 10.5 Å². The number of aromatic carboxylic acids is 1. The standard InChI is InChI=1S/C12H9ClN2O4S/c13-8-3-1-7(2-4-8)9-10(11(16)17)15-5-6-20(18,19)12(15)14-9/h1-4H,5-6H2,(H,16,17). The van der Waals surface area contributed by atoms with Crippen LogP contribution in [0.3, 0.4) is 0 Å². The molecule has 8 heteroatoms. The van der Waals surface area contributed by atoms with Gasteiger partial charge in [-0.05, 0) is 12.1 Å². The molecule has 0 saturated heterocycles. The Morgan fingerprint density at radius 1 is 1.30 bits per heavy atom. The lowest BCUT2D eigenvalue weighted by atomic mass is 10.1. The van der Waals surface area contributed by atoms with Crippen LogP contribution >= 0.6 is 11.6 Å². The molecule has 1 aromatic heterocycles. The smallest absolute Gasteiger partial charge is 0.354 e. The van der Waals surface area contributed by atoms with Crippen molar-refractivity contribution in [2.45, 2.75) is 11.7 Å². The molecule has 0 amide bonds. The Labute approximate surface area is 119 Å². The molecule has 0 saturated carbocycles. The number of aromatic nitrogens is 2. The number of carbonyl (C=O) groups is 1. The van der Waals surface area contributed by atoms with Crippen molar-refractivity contribution in [3.05, 3.63) is 35.0 Å². The van der Waals surface area contributed by atoms with Gasteiger partial charge in [-0.3, -0.25) is 0 Å². The number of rotatable bonds is 2. The molecule has 2 aromatic rings. The summed E-state index contributed by atoms with van der Waals surface area (Å²) in [5, 5.41) is 9.65. The van der Waals surface area contributed by atoms with Gasteiger partial charge >= 0.3 is 5.97 Å². The van der Waals surface area contributed by atoms with Gasteiger partial charge in [-0.2, -0.15) is 0 Å². The van der Waals surface area contributed by atoms with E-state index in [4.69, 9.17) is 11.6 Å². The molecule has 104 valence electrons. The lowest BCUT2D eigenvalue weighted by molar-refractivity contribution is 0.0685. The molecule has 0 aliphatic carbocycles. The zero-order valence-electron chi connectivity index (χ0n) is 10.1. The van der Waals surface area contributed by atoms with Crippen LogP contribution in [0.2, 0.25) is 5.02 Å². The minimum absolute atomic E-state index is 0.108. The van der Waals surface area contributed by atoms with Gasteiger partial charge in [0.05, 0.1) is 5.75 Å². The first-order valence-electron chi connectivity index (χ1n) is 5.72. The lowest BCUT2D eigenvalue weighted by Gasteiger charge is -2.02. The average Bonchev–Trinajstić information content (AvgIpc) is 2.89. The monoisotopic (exact) mass is 312 g/mol. The second kappa shape index (κ2) is 4.32. The molecule has 1 aliphatic rings. The van der Waals surface area contributed by atoms with Crippen LogP contribution in [0.15, 0.2) is 29.4 Å². The molecule has 0 spiro atoms. The van der Waals surface area contributed by atoms with Crippen LogP contribution in [0, 0.1) is 0 Å². The summed E-state index contributed by atoms with van der Waals surface area (Å²) < 4.78 is 24.9. The summed E-state index contributed by atoms with van der Waals surface area (Å²) in [6.45, 7) is 0.111. The van der Waals surface area contributed by atoms with Crippen LogP contribution in [0.25, 0.3) is 11.3 Å². The Bertz CT molecular complexity index is 809. The number of sulfone groups is 1. The minimum Gasteiger partial charge on any atom is -0.477 e. The van der Waals surface area contributed by atoms with Crippen LogP contribution in [0.5, 0.6) is 0 Å². The molecule has 0 radical (unpaired) electrons. The average molecular weight is 313 g/mol. The molecule has 6 nitrogen and oxygen atoms in total. The SMILES string of the molecule is O=C(O)c1c(-c2ccc(Cl)cc2)nc2n1CCS2(=O)=O. The molecule has 0 bridgehead atoms. The Kier molecular flexibility index (Phi) is 2.84. The Morgan fingerprint density at radius 3 is 2.55 bits per heavy atom. The summed E-state index contributed by atoms with van der Waals surface area (Å²) >= 11 is 5.78. The van der Waals surface area contributed by atoms with E-state index in [-0.39, 0.29) is 28.8 Å². The van der Waals surface area contributed by atoms with E-state index in [1.807, 2.05) is 0 Å². The van der Waals surface area contributed by atoms with Crippen molar-refractivity contribution in [2.24, 2.45) is 0 Å². The highest BCUT2D eigenvalue weighted by atomic mass is 35.5. The highest BCUT2D eigenvalue weighted by Gasteiger charge is 2.35. The quantitative estimate of drug-likeness (QED) is 0.911. The third-order valence-corrected chi connectivity index (χ3v) is 4.95. The first kappa shape index (κ1) is 13.1. The maximum atomic E-state index is 11.8. The van der Waals surface area contributed by atoms with Gasteiger partial charge in [0.1, 0.15) is 5.69 Å². The summed E-state index contributed by atoms with van der Waals surface area (Å²) in [5.74, 6) is -1.32. The van der Waals surface area contributed by atoms with Crippen molar-refractivity contribution >= 4 is 27.4 Å². The predicted octanol–water partition coefficient (Wildman–Crippen LogP) is 1.69. The van der Waals surface area contributed by atoms with E-state index in [0.29, 0.717) is 10.6 Å². The fourth-order valence-corrected chi connectivity index (χ4v) is 3.69. The van der Waals surface area contributed by atoms with Crippen molar-refractivity contribution in [2.75, 3.05) is 5.75 Å². The number of benzene rings is 1. The highest BCUT2D eigenvalue weighted by Crippen LogP contribution is 2.30. The van der Waals surface area contributed by atoms with E-state index < -0.39 is 15.8 Å². The number of nitrogens with zero attached hydrogens (tertiary/aromatic N) is 2. The molecule has 1 aliphatic heterocycles. The maximum absolute atomic E-state index is 11.8. The number of fused-ring (bicyclic) bond motifs is 1. The molecule has 0 unspecified atom stereocenters. The topological polar surface area (TPSA) is 89.3 Å². The van der Waals surface area contributed by atoms with Gasteiger partial charge in [0.15, 0.2) is 5.69 Å². The third kappa shape index (κ3) is 1.90. The van der Waals surface area contributed by atoms with Gasteiger partial charge in [0.2, 0.25) is 15.0 Å². The Hall–Kier alpha value is -1.86. The second-order valence-electron chi connectivity index (χ2n) is 4.37. The van der Waals surface area contributed by atoms with Gasteiger partial charge in [0, 0.05) is 17.1 Å². The van der Waals surface area contributed by atoms with E-state index in [9.17, 15) is 18.3 Å². The van der Waals surface area contributed by atoms with Crippen LogP contribution < -0.4 is 0 Å². The number of hydrogen-bond donors (Lipinski definition) is 1. The second-order valence-corrected chi connectivity index (χ2v) is 6.81. The van der Waals surface area contributed by atoms with E-state index >= 15 is 0 Å². The highest BCUT2D eigenvalue weighted by molar-refractivity contribution is 7.91. The zero-order valence-corrected chi connectivity index (χ0v) is 11.6. The molecule has 2 heterocycles. The van der Waals surface area contributed by atoms with Crippen molar-refractivity contribution in [1.29, 1.82) is 0 Å². The third-order valence-electron chi connectivity index (χ3n) is 3.11. The molecular formula is C12H9ClN2O4S. The van der Waals surface area contributed by atoms with Crippen molar-refractivity contribution in [3.63, 3.8) is 0 Å². The zero-order chi connectivity index (χ0) is 14.5. The normalized spacial score (nSPS) is 16.1. The summed E-state index contributed by atoms with van der Waals surface area (Å²) in [6, 6.07) is 6.42.